The number of rotatable bonds is 7. The lowest BCUT2D eigenvalue weighted by Gasteiger charge is -2.09. The normalized spacial score (nSPS) is 10.8. The Labute approximate surface area is 151 Å². The van der Waals surface area contributed by atoms with E-state index >= 15 is 0 Å². The zero-order valence-corrected chi connectivity index (χ0v) is 14.9. The van der Waals surface area contributed by atoms with Gasteiger partial charge in [0.25, 0.3) is 0 Å². The Morgan fingerprint density at radius 3 is 1.73 bits per heavy atom. The summed E-state index contributed by atoms with van der Waals surface area (Å²) in [6.45, 7) is 0. The summed E-state index contributed by atoms with van der Waals surface area (Å²) in [5.74, 6) is 1.26. The quantitative estimate of drug-likeness (QED) is 0.349. The molecule has 8 heteroatoms. The minimum atomic E-state index is -0.686. The van der Waals surface area contributed by atoms with Gasteiger partial charge in [0.1, 0.15) is 0 Å². The molecule has 26 heavy (non-hydrogen) atoms. The summed E-state index contributed by atoms with van der Waals surface area (Å²) in [6, 6.07) is 9.59. The van der Waals surface area contributed by atoms with Gasteiger partial charge < -0.3 is 29.5 Å². The molecule has 138 valence electrons. The van der Waals surface area contributed by atoms with Gasteiger partial charge in [-0.3, -0.25) is 0 Å². The molecule has 0 atom stereocenters. The molecule has 8 nitrogen and oxygen atoms in total. The highest BCUT2D eigenvalue weighted by atomic mass is 16.7. The number of hydrogen-bond donors (Lipinski definition) is 1. The van der Waals surface area contributed by atoms with E-state index in [2.05, 4.69) is 5.16 Å². The van der Waals surface area contributed by atoms with Crippen LogP contribution in [0.15, 0.2) is 41.6 Å². The van der Waals surface area contributed by atoms with Crippen molar-refractivity contribution in [3.8, 4) is 23.0 Å². The van der Waals surface area contributed by atoms with Crippen LogP contribution < -0.4 is 24.7 Å². The Morgan fingerprint density at radius 2 is 1.23 bits per heavy atom. The van der Waals surface area contributed by atoms with E-state index in [9.17, 15) is 4.79 Å². The number of ether oxygens (including phenoxy) is 4. The minimum absolute atomic E-state index is 0.0137. The SMILES string of the molecule is COc1ccc(C(=O)ON=C(N)c2ccc(OC)c(OC)c2)cc1OC. The average molecular weight is 360 g/mol. The third kappa shape index (κ3) is 4.15. The van der Waals surface area contributed by atoms with Crippen molar-refractivity contribution in [2.45, 2.75) is 0 Å². The summed E-state index contributed by atoms with van der Waals surface area (Å²) in [5, 5.41) is 3.68. The van der Waals surface area contributed by atoms with Gasteiger partial charge in [-0.1, -0.05) is 5.16 Å². The van der Waals surface area contributed by atoms with E-state index in [-0.39, 0.29) is 11.4 Å². The predicted molar refractivity (Wildman–Crippen MR) is 95.2 cm³/mol. The first-order valence-corrected chi connectivity index (χ1v) is 7.53. The smallest absolute Gasteiger partial charge is 0.365 e. The molecule has 2 N–H and O–H groups in total. The van der Waals surface area contributed by atoms with Gasteiger partial charge in [0.05, 0.1) is 34.0 Å². The first-order chi connectivity index (χ1) is 12.5. The maximum Gasteiger partial charge on any atom is 0.365 e. The lowest BCUT2D eigenvalue weighted by Crippen LogP contribution is -2.15. The second-order valence-electron chi connectivity index (χ2n) is 4.99. The molecule has 0 heterocycles. The van der Waals surface area contributed by atoms with E-state index in [1.807, 2.05) is 0 Å². The molecule has 2 aromatic rings. The number of hydrogen-bond acceptors (Lipinski definition) is 7. The van der Waals surface area contributed by atoms with Crippen LogP contribution in [0.2, 0.25) is 0 Å². The number of benzene rings is 2. The van der Waals surface area contributed by atoms with Crippen LogP contribution in [-0.2, 0) is 4.84 Å². The average Bonchev–Trinajstić information content (AvgIpc) is 2.70. The third-order valence-electron chi connectivity index (χ3n) is 3.53. The number of nitrogens with two attached hydrogens (primary N) is 1. The number of carbonyl (C=O) groups is 1. The summed E-state index contributed by atoms with van der Waals surface area (Å²) in [5.41, 5.74) is 6.63. The van der Waals surface area contributed by atoms with Crippen molar-refractivity contribution in [1.29, 1.82) is 0 Å². The molecule has 2 rings (SSSR count). The predicted octanol–water partition coefficient (Wildman–Crippen LogP) is 2.20. The summed E-state index contributed by atoms with van der Waals surface area (Å²) in [6.07, 6.45) is 0. The van der Waals surface area contributed by atoms with Crippen LogP contribution >= 0.6 is 0 Å². The molecule has 0 aliphatic carbocycles. The fraction of sp³-hybridized carbons (Fsp3) is 0.222. The molecule has 0 aliphatic heterocycles. The molecule has 0 saturated heterocycles. The monoisotopic (exact) mass is 360 g/mol. The highest BCUT2D eigenvalue weighted by Crippen LogP contribution is 2.28. The topological polar surface area (TPSA) is 102 Å². The molecule has 0 saturated carbocycles. The van der Waals surface area contributed by atoms with Gasteiger partial charge in [-0.2, -0.15) is 0 Å². The maximum atomic E-state index is 12.1. The van der Waals surface area contributed by atoms with Crippen LogP contribution in [0.3, 0.4) is 0 Å². The third-order valence-corrected chi connectivity index (χ3v) is 3.53. The molecule has 0 bridgehead atoms. The van der Waals surface area contributed by atoms with E-state index in [1.54, 1.807) is 24.3 Å². The molecule has 0 aromatic heterocycles. The van der Waals surface area contributed by atoms with Gasteiger partial charge in [-0.25, -0.2) is 4.79 Å². The van der Waals surface area contributed by atoms with Crippen molar-refractivity contribution in [3.63, 3.8) is 0 Å². The number of nitrogens with zero attached hydrogens (tertiary/aromatic N) is 1. The molecule has 0 aliphatic rings. The number of amidine groups is 1. The Kier molecular flexibility index (Phi) is 6.26. The van der Waals surface area contributed by atoms with Gasteiger partial charge in [0.15, 0.2) is 28.8 Å². The van der Waals surface area contributed by atoms with Crippen LogP contribution in [0.1, 0.15) is 15.9 Å². The number of oxime groups is 1. The van der Waals surface area contributed by atoms with E-state index in [1.165, 1.54) is 40.6 Å². The van der Waals surface area contributed by atoms with Gasteiger partial charge >= 0.3 is 5.97 Å². The second-order valence-corrected chi connectivity index (χ2v) is 4.99. The van der Waals surface area contributed by atoms with Gasteiger partial charge in [-0.15, -0.1) is 0 Å². The Morgan fingerprint density at radius 1 is 0.769 bits per heavy atom. The highest BCUT2D eigenvalue weighted by molar-refractivity contribution is 5.98. The Bertz CT molecular complexity index is 819. The second kappa shape index (κ2) is 8.61. The zero-order chi connectivity index (χ0) is 19.1. The van der Waals surface area contributed by atoms with Crippen LogP contribution in [0, 0.1) is 0 Å². The Hall–Kier alpha value is -3.42. The minimum Gasteiger partial charge on any atom is -0.493 e. The zero-order valence-electron chi connectivity index (χ0n) is 14.9. The van der Waals surface area contributed by atoms with Gasteiger partial charge in [0.2, 0.25) is 0 Å². The van der Waals surface area contributed by atoms with Crippen LogP contribution in [-0.4, -0.2) is 40.2 Å². The van der Waals surface area contributed by atoms with Crippen molar-refractivity contribution in [2.75, 3.05) is 28.4 Å². The van der Waals surface area contributed by atoms with Crippen LogP contribution in [0.25, 0.3) is 0 Å². The van der Waals surface area contributed by atoms with Crippen molar-refractivity contribution >= 4 is 11.8 Å². The molecule has 0 amide bonds. The lowest BCUT2D eigenvalue weighted by molar-refractivity contribution is 0.0515. The largest absolute Gasteiger partial charge is 0.493 e. The first kappa shape index (κ1) is 18.9. The van der Waals surface area contributed by atoms with Crippen LogP contribution in [0.4, 0.5) is 0 Å². The van der Waals surface area contributed by atoms with Crippen molar-refractivity contribution in [3.05, 3.63) is 47.5 Å². The fourth-order valence-electron chi connectivity index (χ4n) is 2.15. The Balaban J connectivity index is 2.17. The molecular weight excluding hydrogens is 340 g/mol. The molecule has 0 unspecified atom stereocenters. The summed E-state index contributed by atoms with van der Waals surface area (Å²) in [4.78, 5) is 17.0. The number of methoxy groups -OCH3 is 4. The lowest BCUT2D eigenvalue weighted by atomic mass is 10.2. The van der Waals surface area contributed by atoms with Crippen molar-refractivity contribution in [2.24, 2.45) is 10.9 Å². The van der Waals surface area contributed by atoms with E-state index in [4.69, 9.17) is 29.5 Å². The first-order valence-electron chi connectivity index (χ1n) is 7.53. The van der Waals surface area contributed by atoms with E-state index in [0.717, 1.165) is 0 Å². The number of carbonyl (C=O) groups excluding carboxylic acids is 1. The van der Waals surface area contributed by atoms with Gasteiger partial charge in [0, 0.05) is 5.56 Å². The molecule has 0 spiro atoms. The summed E-state index contributed by atoms with van der Waals surface area (Å²) < 4.78 is 20.6. The van der Waals surface area contributed by atoms with Crippen molar-refractivity contribution < 1.29 is 28.6 Å². The van der Waals surface area contributed by atoms with Crippen LogP contribution in [0.5, 0.6) is 23.0 Å². The fourth-order valence-corrected chi connectivity index (χ4v) is 2.15. The highest BCUT2D eigenvalue weighted by Gasteiger charge is 2.13. The van der Waals surface area contributed by atoms with Gasteiger partial charge in [-0.05, 0) is 36.4 Å². The standard InChI is InChI=1S/C18H20N2O6/c1-22-13-7-5-11(9-15(13)24-3)17(19)20-26-18(21)12-6-8-14(23-2)16(10-12)25-4/h5-10H,1-4H3,(H2,19,20). The summed E-state index contributed by atoms with van der Waals surface area (Å²) >= 11 is 0. The maximum absolute atomic E-state index is 12.1. The van der Waals surface area contributed by atoms with Crippen molar-refractivity contribution in [1.82, 2.24) is 0 Å². The van der Waals surface area contributed by atoms with E-state index in [0.29, 0.717) is 28.6 Å². The van der Waals surface area contributed by atoms with E-state index < -0.39 is 5.97 Å². The summed E-state index contributed by atoms with van der Waals surface area (Å²) in [7, 11) is 6.01. The molecule has 2 aromatic carbocycles. The molecule has 0 fully saturated rings. The molecule has 0 radical (unpaired) electrons. The molecular formula is C18H20N2O6.